The first-order valence-electron chi connectivity index (χ1n) is 4.62. The third-order valence-corrected chi connectivity index (χ3v) is 2.64. The van der Waals surface area contributed by atoms with E-state index in [1.807, 2.05) is 12.1 Å². The van der Waals surface area contributed by atoms with E-state index in [4.69, 9.17) is 5.11 Å². The molecule has 1 aliphatic rings. The van der Waals surface area contributed by atoms with Crippen LogP contribution in [0, 0.1) is 5.92 Å². The van der Waals surface area contributed by atoms with Crippen LogP contribution in [0.1, 0.15) is 11.5 Å². The number of aromatic nitrogens is 1. The van der Waals surface area contributed by atoms with E-state index in [0.717, 1.165) is 12.1 Å². The summed E-state index contributed by atoms with van der Waals surface area (Å²) >= 11 is 0. The molecule has 1 aromatic rings. The number of carboxylic acids is 1. The molecule has 2 heterocycles. The van der Waals surface area contributed by atoms with Gasteiger partial charge in [-0.15, -0.1) is 24.8 Å². The third-order valence-electron chi connectivity index (χ3n) is 2.64. The summed E-state index contributed by atoms with van der Waals surface area (Å²) in [6.07, 6.45) is 3.44. The van der Waals surface area contributed by atoms with Crippen LogP contribution in [0.4, 0.5) is 0 Å². The van der Waals surface area contributed by atoms with Crippen LogP contribution in [0.2, 0.25) is 0 Å². The van der Waals surface area contributed by atoms with Gasteiger partial charge in [-0.3, -0.25) is 9.78 Å². The zero-order chi connectivity index (χ0) is 9.97. The van der Waals surface area contributed by atoms with Crippen molar-refractivity contribution in [3.8, 4) is 0 Å². The largest absolute Gasteiger partial charge is 0.481 e. The Bertz CT molecular complexity index is 335. The quantitative estimate of drug-likeness (QED) is 0.846. The number of rotatable bonds is 2. The number of nitrogens with zero attached hydrogens (tertiary/aromatic N) is 1. The summed E-state index contributed by atoms with van der Waals surface area (Å²) in [5, 5.41) is 12.1. The molecular weight excluding hydrogens is 251 g/mol. The van der Waals surface area contributed by atoms with Gasteiger partial charge in [-0.05, 0) is 11.6 Å². The normalized spacial score (nSPS) is 23.0. The van der Waals surface area contributed by atoms with Crippen molar-refractivity contribution in [3.63, 3.8) is 0 Å². The molecule has 1 aliphatic heterocycles. The van der Waals surface area contributed by atoms with Gasteiger partial charge in [0, 0.05) is 31.4 Å². The van der Waals surface area contributed by atoms with E-state index in [1.165, 1.54) is 0 Å². The van der Waals surface area contributed by atoms with Gasteiger partial charge in [0.15, 0.2) is 0 Å². The maximum atomic E-state index is 10.9. The molecule has 2 atom stereocenters. The number of carboxylic acid groups (broad SMARTS) is 1. The Hall–Kier alpha value is -0.840. The topological polar surface area (TPSA) is 62.2 Å². The Balaban J connectivity index is 0.00000112. The number of aliphatic carboxylic acids is 1. The summed E-state index contributed by atoms with van der Waals surface area (Å²) in [5.74, 6) is -0.996. The van der Waals surface area contributed by atoms with E-state index in [0.29, 0.717) is 6.54 Å². The van der Waals surface area contributed by atoms with Gasteiger partial charge in [0.1, 0.15) is 0 Å². The number of hydrogen-bond donors (Lipinski definition) is 2. The number of hydrogen-bond acceptors (Lipinski definition) is 3. The minimum absolute atomic E-state index is 0. The highest BCUT2D eigenvalue weighted by atomic mass is 35.5. The van der Waals surface area contributed by atoms with E-state index in [-0.39, 0.29) is 36.6 Å². The molecule has 1 fully saturated rings. The van der Waals surface area contributed by atoms with Crippen molar-refractivity contribution in [2.24, 2.45) is 5.92 Å². The summed E-state index contributed by atoms with van der Waals surface area (Å²) in [5.41, 5.74) is 1.00. The molecule has 0 aromatic carbocycles. The van der Waals surface area contributed by atoms with E-state index in [2.05, 4.69) is 10.3 Å². The summed E-state index contributed by atoms with van der Waals surface area (Å²) in [4.78, 5) is 14.9. The number of pyridine rings is 1. The van der Waals surface area contributed by atoms with Gasteiger partial charge in [-0.1, -0.05) is 6.07 Å². The molecule has 4 nitrogen and oxygen atoms in total. The van der Waals surface area contributed by atoms with E-state index in [1.54, 1.807) is 12.4 Å². The summed E-state index contributed by atoms with van der Waals surface area (Å²) in [6.45, 7) is 1.28. The summed E-state index contributed by atoms with van der Waals surface area (Å²) < 4.78 is 0. The molecule has 0 aliphatic carbocycles. The first kappa shape index (κ1) is 15.2. The van der Waals surface area contributed by atoms with Crippen molar-refractivity contribution in [3.05, 3.63) is 30.1 Å². The Morgan fingerprint density at radius 3 is 2.75 bits per heavy atom. The van der Waals surface area contributed by atoms with Gasteiger partial charge in [0.2, 0.25) is 0 Å². The maximum Gasteiger partial charge on any atom is 0.308 e. The first-order chi connectivity index (χ1) is 6.79. The molecule has 0 spiro atoms. The highest BCUT2D eigenvalue weighted by molar-refractivity contribution is 5.85. The highest BCUT2D eigenvalue weighted by Gasteiger charge is 2.33. The zero-order valence-corrected chi connectivity index (χ0v) is 10.1. The molecule has 2 unspecified atom stereocenters. The van der Waals surface area contributed by atoms with Gasteiger partial charge in [-0.2, -0.15) is 0 Å². The first-order valence-corrected chi connectivity index (χ1v) is 4.62. The fraction of sp³-hybridized carbons (Fsp3) is 0.400. The van der Waals surface area contributed by atoms with Crippen LogP contribution < -0.4 is 5.32 Å². The molecule has 0 radical (unpaired) electrons. The highest BCUT2D eigenvalue weighted by Crippen LogP contribution is 2.27. The molecule has 16 heavy (non-hydrogen) atoms. The molecule has 1 saturated heterocycles. The molecule has 2 rings (SSSR count). The fourth-order valence-corrected chi connectivity index (χ4v) is 1.88. The second-order valence-corrected chi connectivity index (χ2v) is 3.50. The molecule has 0 bridgehead atoms. The number of carbonyl (C=O) groups is 1. The van der Waals surface area contributed by atoms with Gasteiger partial charge >= 0.3 is 5.97 Å². The lowest BCUT2D eigenvalue weighted by Gasteiger charge is -2.13. The minimum atomic E-state index is -0.733. The van der Waals surface area contributed by atoms with Crippen LogP contribution in [-0.4, -0.2) is 29.1 Å². The van der Waals surface area contributed by atoms with Crippen molar-refractivity contribution in [2.75, 3.05) is 13.1 Å². The molecular formula is C10H14Cl2N2O2. The Labute approximate surface area is 106 Å². The number of halogens is 2. The van der Waals surface area contributed by atoms with Crippen molar-refractivity contribution in [1.82, 2.24) is 10.3 Å². The zero-order valence-electron chi connectivity index (χ0n) is 8.50. The molecule has 90 valence electrons. The predicted octanol–water partition coefficient (Wildman–Crippen LogP) is 1.31. The molecule has 2 N–H and O–H groups in total. The van der Waals surface area contributed by atoms with Crippen LogP contribution in [0.15, 0.2) is 24.5 Å². The maximum absolute atomic E-state index is 10.9. The third kappa shape index (κ3) is 3.07. The van der Waals surface area contributed by atoms with Gasteiger partial charge in [0.25, 0.3) is 0 Å². The van der Waals surface area contributed by atoms with E-state index in [9.17, 15) is 4.79 Å². The van der Waals surface area contributed by atoms with Crippen LogP contribution in [0.25, 0.3) is 0 Å². The van der Waals surface area contributed by atoms with Crippen LogP contribution >= 0.6 is 24.8 Å². The fourth-order valence-electron chi connectivity index (χ4n) is 1.88. The molecule has 1 aromatic heterocycles. The van der Waals surface area contributed by atoms with Crippen molar-refractivity contribution < 1.29 is 9.90 Å². The summed E-state index contributed by atoms with van der Waals surface area (Å²) in [7, 11) is 0. The Morgan fingerprint density at radius 2 is 2.19 bits per heavy atom. The van der Waals surface area contributed by atoms with Crippen molar-refractivity contribution in [2.45, 2.75) is 5.92 Å². The van der Waals surface area contributed by atoms with Crippen molar-refractivity contribution in [1.29, 1.82) is 0 Å². The lowest BCUT2D eigenvalue weighted by atomic mass is 9.90. The van der Waals surface area contributed by atoms with Crippen LogP contribution in [0.3, 0.4) is 0 Å². The Morgan fingerprint density at radius 1 is 1.44 bits per heavy atom. The average Bonchev–Trinajstić information content (AvgIpc) is 2.67. The second kappa shape index (κ2) is 6.68. The molecule has 0 saturated carbocycles. The second-order valence-electron chi connectivity index (χ2n) is 3.50. The Kier molecular flexibility index (Phi) is 6.33. The minimum Gasteiger partial charge on any atom is -0.481 e. The van der Waals surface area contributed by atoms with Crippen LogP contribution in [-0.2, 0) is 4.79 Å². The van der Waals surface area contributed by atoms with Gasteiger partial charge in [0.05, 0.1) is 5.92 Å². The standard InChI is InChI=1S/C10H12N2O2.2ClH/c13-10(14)9-6-12-5-8(9)7-2-1-3-11-4-7;;/h1-4,8-9,12H,5-6H2,(H,13,14);2*1H. The molecule has 0 amide bonds. The monoisotopic (exact) mass is 264 g/mol. The molecule has 6 heteroatoms. The lowest BCUT2D eigenvalue weighted by Crippen LogP contribution is -2.21. The number of nitrogens with one attached hydrogen (secondary N) is 1. The smallest absolute Gasteiger partial charge is 0.308 e. The van der Waals surface area contributed by atoms with Gasteiger partial charge < -0.3 is 10.4 Å². The van der Waals surface area contributed by atoms with Gasteiger partial charge in [-0.25, -0.2) is 0 Å². The predicted molar refractivity (Wildman–Crippen MR) is 65.5 cm³/mol. The van der Waals surface area contributed by atoms with Crippen LogP contribution in [0.5, 0.6) is 0 Å². The average molecular weight is 265 g/mol. The van der Waals surface area contributed by atoms with E-state index < -0.39 is 5.97 Å². The summed E-state index contributed by atoms with van der Waals surface area (Å²) in [6, 6.07) is 3.77. The SMILES string of the molecule is Cl.Cl.O=C(O)C1CNCC1c1cccnc1. The lowest BCUT2D eigenvalue weighted by molar-refractivity contribution is -0.141. The van der Waals surface area contributed by atoms with E-state index >= 15 is 0 Å². The van der Waals surface area contributed by atoms with Crippen molar-refractivity contribution >= 4 is 30.8 Å².